The van der Waals surface area contributed by atoms with E-state index in [1.807, 2.05) is 0 Å². The first-order chi connectivity index (χ1) is 26.5. The minimum Gasteiger partial charge on any atom is -0.341 e. The Balaban J connectivity index is 0.000000194. The molecule has 9 rings (SSSR count). The van der Waals surface area contributed by atoms with Crippen LogP contribution in [0.2, 0.25) is 0 Å². The Morgan fingerprint density at radius 3 is 0.759 bits per heavy atom. The highest BCUT2D eigenvalue weighted by atomic mass is 15.0. The first-order valence-corrected chi connectivity index (χ1v) is 20.4. The van der Waals surface area contributed by atoms with Crippen molar-refractivity contribution in [1.29, 1.82) is 0 Å². The fourth-order valence-corrected chi connectivity index (χ4v) is 7.49. The summed E-state index contributed by atoms with van der Waals surface area (Å²) in [5.74, 6) is 0. The van der Waals surface area contributed by atoms with Crippen LogP contribution in [0, 0.1) is 0 Å². The van der Waals surface area contributed by atoms with E-state index in [4.69, 9.17) is 0 Å². The average molecular weight is 716 g/mol. The van der Waals surface area contributed by atoms with Gasteiger partial charge in [-0.1, -0.05) is 146 Å². The fraction of sp³-hybridized carbons (Fsp3) is 0.294. The summed E-state index contributed by atoms with van der Waals surface area (Å²) in [6.07, 6.45) is 3.75. The molecule has 54 heavy (non-hydrogen) atoms. The third-order valence-electron chi connectivity index (χ3n) is 9.51. The van der Waals surface area contributed by atoms with Gasteiger partial charge in [0.15, 0.2) is 0 Å². The molecule has 0 radical (unpaired) electrons. The van der Waals surface area contributed by atoms with Crippen molar-refractivity contribution < 1.29 is 0 Å². The number of rotatable bonds is 4. The maximum absolute atomic E-state index is 2.41. The predicted molar refractivity (Wildman–Crippen MR) is 242 cm³/mol. The zero-order chi connectivity index (χ0) is 38.6. The highest BCUT2D eigenvalue weighted by Crippen LogP contribution is 2.36. The predicted octanol–water partition coefficient (Wildman–Crippen LogP) is 15.7. The highest BCUT2D eigenvalue weighted by molar-refractivity contribution is 6.11. The van der Waals surface area contributed by atoms with E-state index in [0.717, 1.165) is 19.6 Å². The van der Waals surface area contributed by atoms with Crippen LogP contribution in [0.15, 0.2) is 133 Å². The van der Waals surface area contributed by atoms with Gasteiger partial charge in [0.05, 0.1) is 0 Å². The van der Waals surface area contributed by atoms with E-state index in [1.165, 1.54) is 95.8 Å². The SMILES string of the molecule is CCC.CCC.CCC.CCn1c2ccccc2c2cc(-c3ccc4c(c3)c3ccccc3n4CC)ccc21.CCn1c2ccccc2c2ccccc21. The van der Waals surface area contributed by atoms with Gasteiger partial charge >= 0.3 is 0 Å². The van der Waals surface area contributed by atoms with Gasteiger partial charge in [-0.15, -0.1) is 0 Å². The van der Waals surface area contributed by atoms with Gasteiger partial charge in [0.25, 0.3) is 0 Å². The molecule has 0 saturated heterocycles. The Bertz CT molecular complexity index is 2380. The molecule has 0 fully saturated rings. The molecule has 3 heteroatoms. The van der Waals surface area contributed by atoms with E-state index in [1.54, 1.807) is 0 Å². The second-order valence-corrected chi connectivity index (χ2v) is 13.9. The lowest BCUT2D eigenvalue weighted by atomic mass is 10.0. The lowest BCUT2D eigenvalue weighted by Gasteiger charge is -2.06. The summed E-state index contributed by atoms with van der Waals surface area (Å²) >= 11 is 0. The summed E-state index contributed by atoms with van der Waals surface area (Å²) in [4.78, 5) is 0. The normalized spacial score (nSPS) is 10.8. The van der Waals surface area contributed by atoms with Gasteiger partial charge in [-0.3, -0.25) is 0 Å². The van der Waals surface area contributed by atoms with Crippen LogP contribution < -0.4 is 0 Å². The molecule has 280 valence electrons. The van der Waals surface area contributed by atoms with Crippen molar-refractivity contribution in [2.75, 3.05) is 0 Å². The van der Waals surface area contributed by atoms with Crippen LogP contribution in [0.4, 0.5) is 0 Å². The Kier molecular flexibility index (Phi) is 14.2. The van der Waals surface area contributed by atoms with Crippen LogP contribution in [0.3, 0.4) is 0 Å². The van der Waals surface area contributed by atoms with Crippen LogP contribution in [0.25, 0.3) is 76.5 Å². The number of hydrogen-bond acceptors (Lipinski definition) is 0. The maximum Gasteiger partial charge on any atom is 0.0491 e. The maximum atomic E-state index is 2.41. The van der Waals surface area contributed by atoms with Crippen molar-refractivity contribution in [2.45, 2.75) is 101 Å². The molecule has 3 aromatic heterocycles. The zero-order valence-electron chi connectivity index (χ0n) is 34.3. The molecule has 6 aromatic carbocycles. The molecule has 0 amide bonds. The smallest absolute Gasteiger partial charge is 0.0491 e. The van der Waals surface area contributed by atoms with E-state index < -0.39 is 0 Å². The van der Waals surface area contributed by atoms with Crippen molar-refractivity contribution in [3.05, 3.63) is 133 Å². The summed E-state index contributed by atoms with van der Waals surface area (Å²) in [5.41, 5.74) is 10.5. The Labute approximate surface area is 323 Å². The molecular formula is C51H61N3. The van der Waals surface area contributed by atoms with Crippen molar-refractivity contribution >= 4 is 65.4 Å². The molecule has 3 heterocycles. The number of aryl methyl sites for hydroxylation is 3. The van der Waals surface area contributed by atoms with Crippen LogP contribution in [0.5, 0.6) is 0 Å². The van der Waals surface area contributed by atoms with Crippen molar-refractivity contribution in [3.8, 4) is 11.1 Å². The molecular weight excluding hydrogens is 655 g/mol. The van der Waals surface area contributed by atoms with E-state index in [9.17, 15) is 0 Å². The number of benzene rings is 6. The molecule has 0 bridgehead atoms. The molecule has 0 atom stereocenters. The molecule has 0 unspecified atom stereocenters. The lowest BCUT2D eigenvalue weighted by molar-refractivity contribution is 0.827. The Hall–Kier alpha value is -5.28. The molecule has 0 N–H and O–H groups in total. The summed E-state index contributed by atoms with van der Waals surface area (Å²) in [5, 5.41) is 8.05. The fourth-order valence-electron chi connectivity index (χ4n) is 7.49. The molecule has 0 aliphatic heterocycles. The van der Waals surface area contributed by atoms with Crippen LogP contribution in [0.1, 0.15) is 81.6 Å². The summed E-state index contributed by atoms with van der Waals surface area (Å²) in [6.45, 7) is 22.4. The second-order valence-electron chi connectivity index (χ2n) is 13.9. The largest absolute Gasteiger partial charge is 0.341 e. The minimum atomic E-state index is 0.978. The lowest BCUT2D eigenvalue weighted by Crippen LogP contribution is -1.93. The molecule has 0 spiro atoms. The monoisotopic (exact) mass is 715 g/mol. The number of fused-ring (bicyclic) bond motifs is 9. The Morgan fingerprint density at radius 2 is 0.500 bits per heavy atom. The zero-order valence-corrected chi connectivity index (χ0v) is 34.3. The molecule has 3 nitrogen and oxygen atoms in total. The van der Waals surface area contributed by atoms with Crippen molar-refractivity contribution in [1.82, 2.24) is 13.7 Å². The molecule has 0 saturated carbocycles. The topological polar surface area (TPSA) is 14.8 Å². The van der Waals surface area contributed by atoms with E-state index in [0.29, 0.717) is 0 Å². The number of nitrogens with zero attached hydrogens (tertiary/aromatic N) is 3. The Morgan fingerprint density at radius 1 is 0.278 bits per heavy atom. The van der Waals surface area contributed by atoms with Crippen LogP contribution in [-0.4, -0.2) is 13.7 Å². The summed E-state index contributed by atoms with van der Waals surface area (Å²) in [7, 11) is 0. The molecule has 0 aliphatic carbocycles. The van der Waals surface area contributed by atoms with E-state index in [2.05, 4.69) is 209 Å². The second kappa shape index (κ2) is 19.2. The number of para-hydroxylation sites is 4. The van der Waals surface area contributed by atoms with Gasteiger partial charge in [-0.25, -0.2) is 0 Å². The minimum absolute atomic E-state index is 0.978. The molecule has 9 aromatic rings. The van der Waals surface area contributed by atoms with Crippen LogP contribution in [-0.2, 0) is 19.6 Å². The van der Waals surface area contributed by atoms with Gasteiger partial charge < -0.3 is 13.7 Å². The number of aromatic nitrogens is 3. The van der Waals surface area contributed by atoms with E-state index >= 15 is 0 Å². The average Bonchev–Trinajstić information content (AvgIpc) is 3.83. The third kappa shape index (κ3) is 7.97. The standard InChI is InChI=1S/C28H24N2.C14H13N.3C3H8/c1-3-29-25-11-7-5-9-21(25)23-17-19(13-15-27(23)29)20-14-16-28-24(18-20)22-10-6-8-12-26(22)30(28)4-2;1-2-15-13-9-5-3-7-11(13)12-8-4-6-10-14(12)15;3*1-3-2/h5-18H,3-4H2,1-2H3;3-10H,2H2,1H3;3*3H2,1-2H3. The quantitative estimate of drug-likeness (QED) is 0.172. The van der Waals surface area contributed by atoms with Crippen molar-refractivity contribution in [2.24, 2.45) is 0 Å². The summed E-state index contributed by atoms with van der Waals surface area (Å²) in [6, 6.07) is 48.5. The van der Waals surface area contributed by atoms with Gasteiger partial charge in [0.2, 0.25) is 0 Å². The van der Waals surface area contributed by atoms with Gasteiger partial charge in [0, 0.05) is 85.1 Å². The molecule has 0 aliphatic rings. The van der Waals surface area contributed by atoms with E-state index in [-0.39, 0.29) is 0 Å². The van der Waals surface area contributed by atoms with Gasteiger partial charge in [-0.2, -0.15) is 0 Å². The third-order valence-corrected chi connectivity index (χ3v) is 9.51. The number of hydrogen-bond donors (Lipinski definition) is 0. The van der Waals surface area contributed by atoms with Crippen LogP contribution >= 0.6 is 0 Å². The first-order valence-electron chi connectivity index (χ1n) is 20.4. The highest BCUT2D eigenvalue weighted by Gasteiger charge is 2.13. The summed E-state index contributed by atoms with van der Waals surface area (Å²) < 4.78 is 7.18. The van der Waals surface area contributed by atoms with Gasteiger partial charge in [0.1, 0.15) is 0 Å². The van der Waals surface area contributed by atoms with Crippen molar-refractivity contribution in [3.63, 3.8) is 0 Å². The first kappa shape index (κ1) is 39.9. The van der Waals surface area contributed by atoms with Gasteiger partial charge in [-0.05, 0) is 80.4 Å².